The number of halogens is 4. The molecule has 0 atom stereocenters. The highest BCUT2D eigenvalue weighted by Crippen LogP contribution is 2.43. The molecule has 0 spiro atoms. The average molecular weight is 440 g/mol. The summed E-state index contributed by atoms with van der Waals surface area (Å²) >= 11 is 6.22. The van der Waals surface area contributed by atoms with E-state index in [1.807, 2.05) is 0 Å². The Morgan fingerprint density at radius 2 is 1.83 bits per heavy atom. The molecule has 162 valence electrons. The predicted octanol–water partition coefficient (Wildman–Crippen LogP) is 6.51. The number of aromatic nitrogens is 1. The molecule has 1 saturated carbocycles. The monoisotopic (exact) mass is 439 g/mol. The molecule has 4 rings (SSSR count). The predicted molar refractivity (Wildman–Crippen MR) is 109 cm³/mol. The van der Waals surface area contributed by atoms with E-state index in [0.717, 1.165) is 61.5 Å². The number of rotatable bonds is 4. The van der Waals surface area contributed by atoms with Crippen molar-refractivity contribution in [1.82, 2.24) is 4.98 Å². The number of H-pyrrole nitrogens is 1. The fourth-order valence-electron chi connectivity index (χ4n) is 5.21. The van der Waals surface area contributed by atoms with Crippen LogP contribution in [0.3, 0.4) is 0 Å². The lowest BCUT2D eigenvalue weighted by Gasteiger charge is -2.28. The summed E-state index contributed by atoms with van der Waals surface area (Å²) in [5.74, 6) is -0.888. The van der Waals surface area contributed by atoms with E-state index in [-0.39, 0.29) is 28.8 Å². The highest BCUT2D eigenvalue weighted by molar-refractivity contribution is 6.31. The Bertz CT molecular complexity index is 943. The molecule has 2 N–H and O–H groups in total. The van der Waals surface area contributed by atoms with E-state index < -0.39 is 17.7 Å². The van der Waals surface area contributed by atoms with Crippen LogP contribution >= 0.6 is 11.6 Å². The van der Waals surface area contributed by atoms with Gasteiger partial charge in [-0.05, 0) is 86.1 Å². The SMILES string of the molecule is O=C(O)C1CCC(c2c(Cc3c(Cl)cccc3C(F)(F)F)[nH]c3c2CCCC3)CC1. The summed E-state index contributed by atoms with van der Waals surface area (Å²) in [5.41, 5.74) is 3.73. The molecule has 2 aromatic rings. The van der Waals surface area contributed by atoms with E-state index in [2.05, 4.69) is 4.98 Å². The van der Waals surface area contributed by atoms with Crippen molar-refractivity contribution < 1.29 is 23.1 Å². The first-order chi connectivity index (χ1) is 14.3. The van der Waals surface area contributed by atoms with Gasteiger partial charge in [0, 0.05) is 22.8 Å². The number of aryl methyl sites for hydroxylation is 1. The van der Waals surface area contributed by atoms with Gasteiger partial charge in [-0.25, -0.2) is 0 Å². The van der Waals surface area contributed by atoms with Crippen molar-refractivity contribution in [1.29, 1.82) is 0 Å². The van der Waals surface area contributed by atoms with Gasteiger partial charge in [-0.1, -0.05) is 17.7 Å². The Labute approximate surface area is 178 Å². The van der Waals surface area contributed by atoms with Gasteiger partial charge in [0.05, 0.1) is 11.5 Å². The number of alkyl halides is 3. The second-order valence-electron chi connectivity index (χ2n) is 8.51. The molecule has 0 radical (unpaired) electrons. The van der Waals surface area contributed by atoms with Crippen LogP contribution in [0.4, 0.5) is 13.2 Å². The Balaban J connectivity index is 1.72. The smallest absolute Gasteiger partial charge is 0.416 e. The van der Waals surface area contributed by atoms with Crippen LogP contribution in [0.25, 0.3) is 0 Å². The molecule has 3 nitrogen and oxygen atoms in total. The van der Waals surface area contributed by atoms with Gasteiger partial charge in [0.15, 0.2) is 0 Å². The minimum absolute atomic E-state index is 0.103. The van der Waals surface area contributed by atoms with E-state index in [1.165, 1.54) is 17.7 Å². The first kappa shape index (κ1) is 21.3. The maximum absolute atomic E-state index is 13.6. The van der Waals surface area contributed by atoms with E-state index in [0.29, 0.717) is 12.8 Å². The Morgan fingerprint density at radius 1 is 1.13 bits per heavy atom. The molecule has 1 aromatic heterocycles. The number of fused-ring (bicyclic) bond motifs is 1. The number of benzene rings is 1. The van der Waals surface area contributed by atoms with Crippen molar-refractivity contribution in [3.63, 3.8) is 0 Å². The molecule has 1 heterocycles. The van der Waals surface area contributed by atoms with Crippen LogP contribution in [0.5, 0.6) is 0 Å². The van der Waals surface area contributed by atoms with Crippen LogP contribution in [-0.4, -0.2) is 16.1 Å². The summed E-state index contributed by atoms with van der Waals surface area (Å²) in [4.78, 5) is 14.8. The van der Waals surface area contributed by atoms with Crippen molar-refractivity contribution in [3.05, 3.63) is 56.9 Å². The molecule has 1 fully saturated rings. The van der Waals surface area contributed by atoms with Gasteiger partial charge in [-0.15, -0.1) is 0 Å². The van der Waals surface area contributed by atoms with Crippen molar-refractivity contribution in [2.75, 3.05) is 0 Å². The average Bonchev–Trinajstić information content (AvgIpc) is 3.06. The van der Waals surface area contributed by atoms with Gasteiger partial charge < -0.3 is 10.1 Å². The molecule has 0 bridgehead atoms. The van der Waals surface area contributed by atoms with Crippen LogP contribution < -0.4 is 0 Å². The summed E-state index contributed by atoms with van der Waals surface area (Å²) in [6.07, 6.45) is 2.34. The van der Waals surface area contributed by atoms with Crippen LogP contribution in [0.1, 0.15) is 78.1 Å². The van der Waals surface area contributed by atoms with Crippen LogP contribution in [0, 0.1) is 5.92 Å². The summed E-state index contributed by atoms with van der Waals surface area (Å²) in [6.45, 7) is 0. The number of nitrogens with one attached hydrogen (secondary N) is 1. The van der Waals surface area contributed by atoms with E-state index in [1.54, 1.807) is 0 Å². The molecule has 0 unspecified atom stereocenters. The third-order valence-corrected chi connectivity index (χ3v) is 7.04. The summed E-state index contributed by atoms with van der Waals surface area (Å²) in [7, 11) is 0. The second-order valence-corrected chi connectivity index (χ2v) is 8.92. The summed E-state index contributed by atoms with van der Waals surface area (Å²) in [5, 5.41) is 9.43. The van der Waals surface area contributed by atoms with Gasteiger partial charge in [0.1, 0.15) is 0 Å². The zero-order valence-electron chi connectivity index (χ0n) is 16.6. The van der Waals surface area contributed by atoms with Gasteiger partial charge in [0.25, 0.3) is 0 Å². The number of hydrogen-bond donors (Lipinski definition) is 2. The molecule has 2 aliphatic rings. The van der Waals surface area contributed by atoms with Gasteiger partial charge >= 0.3 is 12.1 Å². The number of hydrogen-bond acceptors (Lipinski definition) is 1. The molecule has 30 heavy (non-hydrogen) atoms. The number of carboxylic acid groups (broad SMARTS) is 1. The topological polar surface area (TPSA) is 53.1 Å². The Hall–Kier alpha value is -1.95. The van der Waals surface area contributed by atoms with E-state index >= 15 is 0 Å². The van der Waals surface area contributed by atoms with Crippen LogP contribution in [0.2, 0.25) is 5.02 Å². The van der Waals surface area contributed by atoms with Crippen LogP contribution in [0.15, 0.2) is 18.2 Å². The fourth-order valence-corrected chi connectivity index (χ4v) is 5.46. The maximum atomic E-state index is 13.6. The first-order valence-corrected chi connectivity index (χ1v) is 10.9. The third kappa shape index (κ3) is 4.11. The van der Waals surface area contributed by atoms with Crippen molar-refractivity contribution in [3.8, 4) is 0 Å². The van der Waals surface area contributed by atoms with Gasteiger partial charge in [-0.2, -0.15) is 13.2 Å². The highest BCUT2D eigenvalue weighted by Gasteiger charge is 2.36. The van der Waals surface area contributed by atoms with Gasteiger partial charge in [-0.3, -0.25) is 4.79 Å². The largest absolute Gasteiger partial charge is 0.481 e. The molecule has 0 saturated heterocycles. The van der Waals surface area contributed by atoms with Crippen molar-refractivity contribution in [2.24, 2.45) is 5.92 Å². The van der Waals surface area contributed by atoms with Crippen molar-refractivity contribution in [2.45, 2.75) is 69.9 Å². The Morgan fingerprint density at radius 3 is 2.50 bits per heavy atom. The highest BCUT2D eigenvalue weighted by atomic mass is 35.5. The third-order valence-electron chi connectivity index (χ3n) is 6.68. The minimum atomic E-state index is -4.47. The van der Waals surface area contributed by atoms with E-state index in [4.69, 9.17) is 11.6 Å². The molecule has 7 heteroatoms. The molecule has 2 aliphatic carbocycles. The molecule has 0 aliphatic heterocycles. The lowest BCUT2D eigenvalue weighted by Crippen LogP contribution is -2.21. The normalized spacial score (nSPS) is 22.0. The lowest BCUT2D eigenvalue weighted by atomic mass is 9.76. The van der Waals surface area contributed by atoms with Gasteiger partial charge in [0.2, 0.25) is 0 Å². The first-order valence-electron chi connectivity index (χ1n) is 10.6. The lowest BCUT2D eigenvalue weighted by molar-refractivity contribution is -0.143. The maximum Gasteiger partial charge on any atom is 0.416 e. The molecular weight excluding hydrogens is 415 g/mol. The zero-order chi connectivity index (χ0) is 21.5. The fraction of sp³-hybridized carbons (Fsp3) is 0.522. The number of aliphatic carboxylic acids is 1. The van der Waals surface area contributed by atoms with Crippen LogP contribution in [-0.2, 0) is 30.2 Å². The quantitative estimate of drug-likeness (QED) is 0.570. The second kappa shape index (κ2) is 8.29. The zero-order valence-corrected chi connectivity index (χ0v) is 17.4. The van der Waals surface area contributed by atoms with Crippen molar-refractivity contribution >= 4 is 17.6 Å². The molecule has 0 amide bonds. The minimum Gasteiger partial charge on any atom is -0.481 e. The summed E-state index contributed by atoms with van der Waals surface area (Å²) < 4.78 is 40.8. The number of carbonyl (C=O) groups is 1. The number of aromatic amines is 1. The molecule has 1 aromatic carbocycles. The standard InChI is InChI=1S/C23H25ClF3NO2/c24-18-6-3-5-17(23(25,26)27)16(18)12-20-21(15-4-1-2-7-19(15)28-20)13-8-10-14(11-9-13)22(29)30/h3,5-6,13-14,28H,1-2,4,7-12H2,(H,29,30). The molecular formula is C23H25ClF3NO2. The Kier molecular flexibility index (Phi) is 5.88. The number of carboxylic acids is 1. The summed E-state index contributed by atoms with van der Waals surface area (Å²) in [6, 6.07) is 3.93. The van der Waals surface area contributed by atoms with E-state index in [9.17, 15) is 23.1 Å².